The van der Waals surface area contributed by atoms with Crippen molar-refractivity contribution in [2.45, 2.75) is 25.8 Å². The van der Waals surface area contributed by atoms with Crippen LogP contribution in [0.15, 0.2) is 24.3 Å². The van der Waals surface area contributed by atoms with Crippen LogP contribution in [0.4, 0.5) is 5.69 Å². The number of fused-ring (bicyclic) bond motifs is 1. The molecule has 2 rings (SSSR count). The summed E-state index contributed by atoms with van der Waals surface area (Å²) >= 11 is 0. The van der Waals surface area contributed by atoms with Crippen molar-refractivity contribution in [1.82, 2.24) is 0 Å². The highest BCUT2D eigenvalue weighted by molar-refractivity contribution is 5.98. The molecule has 5 heteroatoms. The van der Waals surface area contributed by atoms with Crippen LogP contribution in [0, 0.1) is 0 Å². The number of halogens is 1. The van der Waals surface area contributed by atoms with Gasteiger partial charge in [0.1, 0.15) is 12.4 Å². The van der Waals surface area contributed by atoms with E-state index < -0.39 is 6.04 Å². The molecule has 0 radical (unpaired) electrons. The Hall–Kier alpha value is -1.26. The lowest BCUT2D eigenvalue weighted by atomic mass is 10.1. The van der Waals surface area contributed by atoms with Crippen LogP contribution in [0.1, 0.15) is 19.8 Å². The summed E-state index contributed by atoms with van der Waals surface area (Å²) < 4.78 is 5.51. The number of amides is 1. The Kier molecular flexibility index (Phi) is 5.44. The third-order valence-corrected chi connectivity index (χ3v) is 2.91. The average molecular weight is 271 g/mol. The summed E-state index contributed by atoms with van der Waals surface area (Å²) in [5.74, 6) is 0.749. The number of hydrogen-bond acceptors (Lipinski definition) is 3. The Balaban J connectivity index is 0.00000162. The maximum atomic E-state index is 12.2. The summed E-state index contributed by atoms with van der Waals surface area (Å²) in [6, 6.07) is 7.16. The van der Waals surface area contributed by atoms with Crippen molar-refractivity contribution in [3.63, 3.8) is 0 Å². The SMILES string of the molecule is CCCC(N)C(=O)N1CCOc2ccccc21.Cl. The molecule has 100 valence electrons. The van der Waals surface area contributed by atoms with Crippen molar-refractivity contribution in [3.05, 3.63) is 24.3 Å². The van der Waals surface area contributed by atoms with Gasteiger partial charge in [0, 0.05) is 0 Å². The van der Waals surface area contributed by atoms with Crippen molar-refractivity contribution >= 4 is 24.0 Å². The molecule has 0 saturated heterocycles. The summed E-state index contributed by atoms with van der Waals surface area (Å²) in [4.78, 5) is 13.9. The summed E-state index contributed by atoms with van der Waals surface area (Å²) in [6.07, 6.45) is 1.64. The molecule has 2 N–H and O–H groups in total. The number of ether oxygens (including phenoxy) is 1. The van der Waals surface area contributed by atoms with Gasteiger partial charge in [-0.05, 0) is 18.6 Å². The van der Waals surface area contributed by atoms with Crippen molar-refractivity contribution in [1.29, 1.82) is 0 Å². The molecule has 1 aliphatic rings. The van der Waals surface area contributed by atoms with E-state index in [1.165, 1.54) is 0 Å². The molecule has 18 heavy (non-hydrogen) atoms. The number of carbonyl (C=O) groups is 1. The highest BCUT2D eigenvalue weighted by Gasteiger charge is 2.26. The number of para-hydroxylation sites is 2. The van der Waals surface area contributed by atoms with E-state index in [1.54, 1.807) is 4.90 Å². The minimum Gasteiger partial charge on any atom is -0.490 e. The Morgan fingerprint density at radius 1 is 1.50 bits per heavy atom. The molecule has 0 aliphatic carbocycles. The smallest absolute Gasteiger partial charge is 0.244 e. The molecule has 1 heterocycles. The Labute approximate surface area is 114 Å². The first-order valence-electron chi connectivity index (χ1n) is 6.03. The number of anilines is 1. The van der Waals surface area contributed by atoms with E-state index in [4.69, 9.17) is 10.5 Å². The fraction of sp³-hybridized carbons (Fsp3) is 0.462. The third-order valence-electron chi connectivity index (χ3n) is 2.91. The van der Waals surface area contributed by atoms with Crippen LogP contribution in [-0.4, -0.2) is 25.1 Å². The molecule has 1 aromatic rings. The number of benzene rings is 1. The van der Waals surface area contributed by atoms with E-state index >= 15 is 0 Å². The molecule has 1 aromatic carbocycles. The number of hydrogen-bond donors (Lipinski definition) is 1. The largest absolute Gasteiger partial charge is 0.490 e. The van der Waals surface area contributed by atoms with E-state index in [0.29, 0.717) is 13.2 Å². The Morgan fingerprint density at radius 3 is 2.94 bits per heavy atom. The first kappa shape index (κ1) is 14.8. The fourth-order valence-corrected chi connectivity index (χ4v) is 2.03. The lowest BCUT2D eigenvalue weighted by Crippen LogP contribution is -2.47. The van der Waals surface area contributed by atoms with Gasteiger partial charge in [0.2, 0.25) is 5.91 Å². The minimum absolute atomic E-state index is 0. The lowest BCUT2D eigenvalue weighted by molar-refractivity contribution is -0.120. The first-order valence-corrected chi connectivity index (χ1v) is 6.03. The molecule has 0 saturated carbocycles. The van der Waals surface area contributed by atoms with E-state index in [-0.39, 0.29) is 18.3 Å². The van der Waals surface area contributed by atoms with Gasteiger partial charge in [-0.2, -0.15) is 0 Å². The zero-order chi connectivity index (χ0) is 12.3. The van der Waals surface area contributed by atoms with E-state index in [9.17, 15) is 4.79 Å². The van der Waals surface area contributed by atoms with Gasteiger partial charge in [-0.25, -0.2) is 0 Å². The Bertz CT molecular complexity index is 412. The van der Waals surface area contributed by atoms with Crippen LogP contribution in [-0.2, 0) is 4.79 Å². The molecule has 1 aliphatic heterocycles. The molecule has 1 atom stereocenters. The van der Waals surface area contributed by atoms with Crippen molar-refractivity contribution < 1.29 is 9.53 Å². The molecule has 0 bridgehead atoms. The monoisotopic (exact) mass is 270 g/mol. The quantitative estimate of drug-likeness (QED) is 0.914. The van der Waals surface area contributed by atoms with Crippen LogP contribution in [0.3, 0.4) is 0 Å². The third kappa shape index (κ3) is 2.94. The molecule has 0 fully saturated rings. The number of nitrogens with two attached hydrogens (primary N) is 1. The van der Waals surface area contributed by atoms with Gasteiger partial charge >= 0.3 is 0 Å². The summed E-state index contributed by atoms with van der Waals surface area (Å²) in [6.45, 7) is 3.13. The number of carbonyl (C=O) groups excluding carboxylic acids is 1. The van der Waals surface area contributed by atoms with Crippen molar-refractivity contribution in [3.8, 4) is 5.75 Å². The standard InChI is InChI=1S/C13H18N2O2.ClH/c1-2-5-10(14)13(16)15-8-9-17-12-7-4-3-6-11(12)15;/h3-4,6-7,10H,2,5,8-9,14H2,1H3;1H. The van der Waals surface area contributed by atoms with Crippen LogP contribution in [0.25, 0.3) is 0 Å². The second-order valence-electron chi connectivity index (χ2n) is 4.20. The van der Waals surface area contributed by atoms with Crippen molar-refractivity contribution in [2.75, 3.05) is 18.1 Å². The molecule has 0 aromatic heterocycles. The van der Waals surface area contributed by atoms with Crippen LogP contribution in [0.2, 0.25) is 0 Å². The van der Waals surface area contributed by atoms with Gasteiger partial charge in [-0.3, -0.25) is 4.79 Å². The van der Waals surface area contributed by atoms with Gasteiger partial charge < -0.3 is 15.4 Å². The van der Waals surface area contributed by atoms with Gasteiger partial charge in [0.05, 0.1) is 18.3 Å². The second kappa shape index (κ2) is 6.61. The average Bonchev–Trinajstić information content (AvgIpc) is 2.37. The lowest BCUT2D eigenvalue weighted by Gasteiger charge is -2.31. The number of rotatable bonds is 3. The van der Waals surface area contributed by atoms with E-state index in [2.05, 4.69) is 0 Å². The zero-order valence-corrected chi connectivity index (χ0v) is 11.3. The maximum absolute atomic E-state index is 12.2. The van der Waals surface area contributed by atoms with Gasteiger partial charge in [0.15, 0.2) is 0 Å². The normalized spacial score (nSPS) is 15.1. The van der Waals surface area contributed by atoms with Crippen LogP contribution < -0.4 is 15.4 Å². The molecule has 1 unspecified atom stereocenters. The number of nitrogens with zero attached hydrogens (tertiary/aromatic N) is 1. The summed E-state index contributed by atoms with van der Waals surface area (Å²) in [5, 5.41) is 0. The molecular formula is C13H19ClN2O2. The summed E-state index contributed by atoms with van der Waals surface area (Å²) in [7, 11) is 0. The predicted octanol–water partition coefficient (Wildman–Crippen LogP) is 1.96. The molecular weight excluding hydrogens is 252 g/mol. The van der Waals surface area contributed by atoms with Crippen molar-refractivity contribution in [2.24, 2.45) is 5.73 Å². The zero-order valence-electron chi connectivity index (χ0n) is 10.5. The van der Waals surface area contributed by atoms with Crippen LogP contribution >= 0.6 is 12.4 Å². The highest BCUT2D eigenvalue weighted by Crippen LogP contribution is 2.31. The minimum atomic E-state index is -0.411. The topological polar surface area (TPSA) is 55.6 Å². The highest BCUT2D eigenvalue weighted by atomic mass is 35.5. The van der Waals surface area contributed by atoms with Gasteiger partial charge in [-0.1, -0.05) is 25.5 Å². The maximum Gasteiger partial charge on any atom is 0.244 e. The Morgan fingerprint density at radius 2 is 2.22 bits per heavy atom. The van der Waals surface area contributed by atoms with Gasteiger partial charge in [-0.15, -0.1) is 12.4 Å². The van der Waals surface area contributed by atoms with Crippen LogP contribution in [0.5, 0.6) is 5.75 Å². The molecule has 4 nitrogen and oxygen atoms in total. The first-order chi connectivity index (χ1) is 8.24. The van der Waals surface area contributed by atoms with E-state index in [1.807, 2.05) is 31.2 Å². The molecule has 1 amide bonds. The van der Waals surface area contributed by atoms with Gasteiger partial charge in [0.25, 0.3) is 0 Å². The fourth-order valence-electron chi connectivity index (χ4n) is 2.03. The second-order valence-corrected chi connectivity index (χ2v) is 4.20. The predicted molar refractivity (Wildman–Crippen MR) is 74.4 cm³/mol. The molecule has 0 spiro atoms. The summed E-state index contributed by atoms with van der Waals surface area (Å²) in [5.41, 5.74) is 6.71. The van der Waals surface area contributed by atoms with E-state index in [0.717, 1.165) is 24.3 Å².